The molecule has 2 atom stereocenters. The van der Waals surface area contributed by atoms with Crippen LogP contribution in [0.25, 0.3) is 0 Å². The molecule has 2 rings (SSSR count). The lowest BCUT2D eigenvalue weighted by Crippen LogP contribution is -2.37. The summed E-state index contributed by atoms with van der Waals surface area (Å²) in [7, 11) is 0. The maximum absolute atomic E-state index is 5.82. The van der Waals surface area contributed by atoms with Gasteiger partial charge in [0.05, 0.1) is 5.69 Å². The molecular weight excluding hydrogens is 228 g/mol. The molecule has 84 valence electrons. The van der Waals surface area contributed by atoms with Crippen LogP contribution < -0.4 is 0 Å². The van der Waals surface area contributed by atoms with E-state index in [1.165, 1.54) is 30.8 Å². The first-order chi connectivity index (χ1) is 7.15. The Kier molecular flexibility index (Phi) is 3.65. The average Bonchev–Trinajstić information content (AvgIpc) is 2.58. The number of halogens is 1. The van der Waals surface area contributed by atoms with E-state index in [9.17, 15) is 0 Å². The van der Waals surface area contributed by atoms with Crippen molar-refractivity contribution in [3.8, 4) is 0 Å². The molecule has 15 heavy (non-hydrogen) atoms. The minimum absolute atomic E-state index is 0.656. The van der Waals surface area contributed by atoms with Gasteiger partial charge < -0.3 is 0 Å². The normalized spacial score (nSPS) is 28.2. The number of likely N-dealkylation sites (tertiary alicyclic amines) is 1. The van der Waals surface area contributed by atoms with E-state index in [4.69, 9.17) is 11.6 Å². The number of aromatic nitrogens is 1. The predicted octanol–water partition coefficient (Wildman–Crippen LogP) is 3.27. The lowest BCUT2D eigenvalue weighted by molar-refractivity contribution is 0.131. The van der Waals surface area contributed by atoms with E-state index in [0.29, 0.717) is 4.47 Å². The van der Waals surface area contributed by atoms with Crippen molar-refractivity contribution in [1.29, 1.82) is 0 Å². The van der Waals surface area contributed by atoms with Gasteiger partial charge >= 0.3 is 0 Å². The van der Waals surface area contributed by atoms with Crippen LogP contribution in [0, 0.1) is 11.8 Å². The van der Waals surface area contributed by atoms with Crippen LogP contribution in [-0.2, 0) is 6.54 Å². The van der Waals surface area contributed by atoms with Gasteiger partial charge in [0.25, 0.3) is 0 Å². The molecule has 1 fully saturated rings. The number of nitrogens with zero attached hydrogens (tertiary/aromatic N) is 2. The molecule has 0 spiro atoms. The Morgan fingerprint density at radius 3 is 2.93 bits per heavy atom. The molecule has 1 aromatic rings. The van der Waals surface area contributed by atoms with Crippen molar-refractivity contribution in [2.75, 3.05) is 13.1 Å². The summed E-state index contributed by atoms with van der Waals surface area (Å²) < 4.78 is 0.656. The van der Waals surface area contributed by atoms with Crippen LogP contribution in [0.4, 0.5) is 0 Å². The Labute approximate surface area is 100 Å². The van der Waals surface area contributed by atoms with Crippen molar-refractivity contribution < 1.29 is 0 Å². The van der Waals surface area contributed by atoms with E-state index < -0.39 is 0 Å². The quantitative estimate of drug-likeness (QED) is 0.794. The van der Waals surface area contributed by atoms with Gasteiger partial charge in [-0.3, -0.25) is 4.90 Å². The van der Waals surface area contributed by atoms with Gasteiger partial charge in [0.15, 0.2) is 4.47 Å². The van der Waals surface area contributed by atoms with Crippen molar-refractivity contribution in [1.82, 2.24) is 9.88 Å². The van der Waals surface area contributed by atoms with Crippen LogP contribution >= 0.6 is 22.9 Å². The fraction of sp³-hybridized carbons (Fsp3) is 0.727. The molecule has 0 aliphatic carbocycles. The Morgan fingerprint density at radius 1 is 1.53 bits per heavy atom. The summed E-state index contributed by atoms with van der Waals surface area (Å²) in [6.07, 6.45) is 1.30. The Bertz CT molecular complexity index is 326. The summed E-state index contributed by atoms with van der Waals surface area (Å²) in [4.78, 5) is 6.77. The molecule has 0 bridgehead atoms. The third kappa shape index (κ3) is 2.92. The van der Waals surface area contributed by atoms with Crippen LogP contribution in [0.2, 0.25) is 4.47 Å². The number of hydrogen-bond donors (Lipinski definition) is 0. The second-order valence-corrected chi connectivity index (χ2v) is 6.01. The van der Waals surface area contributed by atoms with Crippen molar-refractivity contribution in [3.05, 3.63) is 15.5 Å². The molecule has 4 heteroatoms. The highest BCUT2D eigenvalue weighted by molar-refractivity contribution is 7.13. The molecule has 1 aromatic heterocycles. The molecule has 0 amide bonds. The lowest BCUT2D eigenvalue weighted by atomic mass is 9.89. The first kappa shape index (κ1) is 11.4. The predicted molar refractivity (Wildman–Crippen MR) is 65.3 cm³/mol. The van der Waals surface area contributed by atoms with Crippen molar-refractivity contribution in [2.24, 2.45) is 11.8 Å². The Balaban J connectivity index is 1.90. The zero-order valence-corrected chi connectivity index (χ0v) is 10.8. The van der Waals surface area contributed by atoms with E-state index in [1.807, 2.05) is 0 Å². The first-order valence-corrected chi connectivity index (χ1v) is 6.73. The number of piperidine rings is 1. The van der Waals surface area contributed by atoms with Gasteiger partial charge in [-0.15, -0.1) is 11.3 Å². The number of thiazole rings is 1. The zero-order chi connectivity index (χ0) is 10.8. The zero-order valence-electron chi connectivity index (χ0n) is 9.24. The van der Waals surface area contributed by atoms with Crippen LogP contribution in [0.1, 0.15) is 26.0 Å². The summed E-state index contributed by atoms with van der Waals surface area (Å²) in [5, 5.41) is 2.06. The van der Waals surface area contributed by atoms with Crippen LogP contribution in [0.5, 0.6) is 0 Å². The van der Waals surface area contributed by atoms with Crippen molar-refractivity contribution in [2.45, 2.75) is 26.8 Å². The second kappa shape index (κ2) is 4.81. The molecule has 0 radical (unpaired) electrons. The molecule has 1 aliphatic heterocycles. The smallest absolute Gasteiger partial charge is 0.183 e. The van der Waals surface area contributed by atoms with E-state index in [-0.39, 0.29) is 0 Å². The number of hydrogen-bond acceptors (Lipinski definition) is 3. The van der Waals surface area contributed by atoms with E-state index in [1.54, 1.807) is 0 Å². The van der Waals surface area contributed by atoms with E-state index >= 15 is 0 Å². The van der Waals surface area contributed by atoms with Crippen LogP contribution in [0.15, 0.2) is 5.38 Å². The highest BCUT2D eigenvalue weighted by Crippen LogP contribution is 2.24. The molecular formula is C11H17ClN2S. The summed E-state index contributed by atoms with van der Waals surface area (Å²) >= 11 is 7.34. The van der Waals surface area contributed by atoms with Gasteiger partial charge in [0.2, 0.25) is 0 Å². The minimum Gasteiger partial charge on any atom is -0.297 e. The maximum Gasteiger partial charge on any atom is 0.183 e. The molecule has 1 aliphatic rings. The number of rotatable bonds is 2. The fourth-order valence-electron chi connectivity index (χ4n) is 2.08. The molecule has 2 unspecified atom stereocenters. The SMILES string of the molecule is CC1CCN(Cc2csc(Cl)n2)CC1C. The van der Waals surface area contributed by atoms with Crippen LogP contribution in [0.3, 0.4) is 0 Å². The largest absolute Gasteiger partial charge is 0.297 e. The third-order valence-electron chi connectivity index (χ3n) is 3.33. The van der Waals surface area contributed by atoms with Crippen LogP contribution in [-0.4, -0.2) is 23.0 Å². The molecule has 0 N–H and O–H groups in total. The van der Waals surface area contributed by atoms with E-state index in [0.717, 1.165) is 24.1 Å². The molecule has 0 saturated carbocycles. The fourth-order valence-corrected chi connectivity index (χ4v) is 2.85. The van der Waals surface area contributed by atoms with Gasteiger partial charge in [-0.2, -0.15) is 0 Å². The topological polar surface area (TPSA) is 16.1 Å². The summed E-state index contributed by atoms with van der Waals surface area (Å²) in [6.45, 7) is 8.03. The van der Waals surface area contributed by atoms with Crippen molar-refractivity contribution >= 4 is 22.9 Å². The summed E-state index contributed by atoms with van der Waals surface area (Å²) in [5.41, 5.74) is 1.12. The summed E-state index contributed by atoms with van der Waals surface area (Å²) in [5.74, 6) is 1.66. The van der Waals surface area contributed by atoms with Crippen molar-refractivity contribution in [3.63, 3.8) is 0 Å². The van der Waals surface area contributed by atoms with Gasteiger partial charge in [-0.05, 0) is 24.8 Å². The Morgan fingerprint density at radius 2 is 2.33 bits per heavy atom. The standard InChI is InChI=1S/C11H17ClN2S/c1-8-3-4-14(5-9(8)2)6-10-7-15-11(12)13-10/h7-9H,3-6H2,1-2H3. The lowest BCUT2D eigenvalue weighted by Gasteiger charge is -2.34. The highest BCUT2D eigenvalue weighted by Gasteiger charge is 2.22. The van der Waals surface area contributed by atoms with Gasteiger partial charge in [0.1, 0.15) is 0 Å². The molecule has 1 saturated heterocycles. The third-order valence-corrected chi connectivity index (χ3v) is 4.36. The minimum atomic E-state index is 0.656. The summed E-state index contributed by atoms with van der Waals surface area (Å²) in [6, 6.07) is 0. The first-order valence-electron chi connectivity index (χ1n) is 5.47. The van der Waals surface area contributed by atoms with Gasteiger partial charge in [-0.25, -0.2) is 4.98 Å². The van der Waals surface area contributed by atoms with Gasteiger partial charge in [0, 0.05) is 18.5 Å². The molecule has 0 aromatic carbocycles. The Hall–Kier alpha value is -0.120. The second-order valence-electron chi connectivity index (χ2n) is 4.57. The molecule has 2 heterocycles. The average molecular weight is 245 g/mol. The van der Waals surface area contributed by atoms with E-state index in [2.05, 4.69) is 29.1 Å². The highest BCUT2D eigenvalue weighted by atomic mass is 35.5. The monoisotopic (exact) mass is 244 g/mol. The molecule has 2 nitrogen and oxygen atoms in total. The maximum atomic E-state index is 5.82. The van der Waals surface area contributed by atoms with Gasteiger partial charge in [-0.1, -0.05) is 25.4 Å².